The van der Waals surface area contributed by atoms with Crippen LogP contribution in [0.25, 0.3) is 0 Å². The van der Waals surface area contributed by atoms with E-state index in [0.29, 0.717) is 19.7 Å². The summed E-state index contributed by atoms with van der Waals surface area (Å²) in [5.74, 6) is 0. The lowest BCUT2D eigenvalue weighted by Crippen LogP contribution is -2.48. The second kappa shape index (κ2) is 7.79. The van der Waals surface area contributed by atoms with Gasteiger partial charge >= 0.3 is 6.09 Å². The van der Waals surface area contributed by atoms with Crippen LogP contribution < -0.4 is 5.56 Å². The number of carbonyl (C=O) groups excluding carboxylic acids is 1. The highest BCUT2D eigenvalue weighted by molar-refractivity contribution is 5.67. The van der Waals surface area contributed by atoms with Crippen LogP contribution in [0, 0.1) is 0 Å². The molecule has 2 aromatic rings. The summed E-state index contributed by atoms with van der Waals surface area (Å²) in [6.07, 6.45) is 1.48. The molecule has 1 aromatic heterocycles. The number of benzene rings is 1. The summed E-state index contributed by atoms with van der Waals surface area (Å²) < 4.78 is 5.36. The van der Waals surface area contributed by atoms with Crippen LogP contribution in [0.3, 0.4) is 0 Å². The van der Waals surface area contributed by atoms with Crippen molar-refractivity contribution in [3.8, 4) is 0 Å². The van der Waals surface area contributed by atoms with Crippen molar-refractivity contribution in [2.75, 3.05) is 26.2 Å². The first-order valence-electron chi connectivity index (χ1n) is 8.06. The third-order valence-corrected chi connectivity index (χ3v) is 4.09. The van der Waals surface area contributed by atoms with Gasteiger partial charge in [-0.25, -0.2) is 4.79 Å². The Bertz CT molecular complexity index is 701. The van der Waals surface area contributed by atoms with Crippen LogP contribution in [-0.2, 0) is 17.9 Å². The van der Waals surface area contributed by atoms with Gasteiger partial charge in [-0.3, -0.25) is 9.69 Å². The molecular formula is C18H21N3O3. The molecule has 0 atom stereocenters. The largest absolute Gasteiger partial charge is 0.445 e. The van der Waals surface area contributed by atoms with E-state index < -0.39 is 0 Å². The Morgan fingerprint density at radius 2 is 1.75 bits per heavy atom. The van der Waals surface area contributed by atoms with Gasteiger partial charge in [0, 0.05) is 45.0 Å². The molecule has 0 saturated carbocycles. The molecule has 24 heavy (non-hydrogen) atoms. The molecule has 2 heterocycles. The van der Waals surface area contributed by atoms with Crippen molar-refractivity contribution in [3.05, 3.63) is 70.1 Å². The van der Waals surface area contributed by atoms with Crippen LogP contribution in [0.5, 0.6) is 0 Å². The van der Waals surface area contributed by atoms with E-state index in [9.17, 15) is 9.59 Å². The Hall–Kier alpha value is -2.60. The molecule has 6 heteroatoms. The van der Waals surface area contributed by atoms with Gasteiger partial charge in [-0.15, -0.1) is 0 Å². The highest BCUT2D eigenvalue weighted by atomic mass is 16.6. The Morgan fingerprint density at radius 1 is 1.00 bits per heavy atom. The molecule has 1 aliphatic rings. The van der Waals surface area contributed by atoms with Crippen molar-refractivity contribution in [2.45, 2.75) is 13.2 Å². The number of carbonyl (C=O) groups is 1. The minimum Gasteiger partial charge on any atom is -0.445 e. The summed E-state index contributed by atoms with van der Waals surface area (Å²) >= 11 is 0. The predicted molar refractivity (Wildman–Crippen MR) is 90.5 cm³/mol. The number of ether oxygens (including phenoxy) is 1. The van der Waals surface area contributed by atoms with Gasteiger partial charge in [0.25, 0.3) is 0 Å². The molecule has 1 N–H and O–H groups in total. The molecule has 3 rings (SSSR count). The monoisotopic (exact) mass is 327 g/mol. The van der Waals surface area contributed by atoms with Gasteiger partial charge < -0.3 is 14.6 Å². The predicted octanol–water partition coefficient (Wildman–Crippen LogP) is 1.83. The maximum Gasteiger partial charge on any atom is 0.410 e. The Kier molecular flexibility index (Phi) is 5.28. The lowest BCUT2D eigenvalue weighted by atomic mass is 10.2. The number of amides is 1. The number of piperazine rings is 1. The van der Waals surface area contributed by atoms with Crippen LogP contribution in [0.1, 0.15) is 11.1 Å². The summed E-state index contributed by atoms with van der Waals surface area (Å²) in [4.78, 5) is 29.9. The quantitative estimate of drug-likeness (QED) is 0.930. The third-order valence-electron chi connectivity index (χ3n) is 4.09. The fourth-order valence-corrected chi connectivity index (χ4v) is 2.70. The first-order valence-corrected chi connectivity index (χ1v) is 8.06. The van der Waals surface area contributed by atoms with Crippen molar-refractivity contribution >= 4 is 6.09 Å². The molecule has 1 amide bonds. The molecule has 0 spiro atoms. The van der Waals surface area contributed by atoms with Crippen molar-refractivity contribution in [3.63, 3.8) is 0 Å². The zero-order valence-corrected chi connectivity index (χ0v) is 13.5. The normalized spacial score (nSPS) is 15.2. The Labute approximate surface area is 140 Å². The molecule has 0 unspecified atom stereocenters. The second-order valence-electron chi connectivity index (χ2n) is 5.86. The number of nitrogens with zero attached hydrogens (tertiary/aromatic N) is 2. The van der Waals surface area contributed by atoms with Crippen molar-refractivity contribution in [2.24, 2.45) is 0 Å². The van der Waals surface area contributed by atoms with Crippen LogP contribution >= 0.6 is 0 Å². The van der Waals surface area contributed by atoms with E-state index in [1.165, 1.54) is 6.07 Å². The molecule has 1 fully saturated rings. The average molecular weight is 327 g/mol. The number of rotatable bonds is 4. The SMILES string of the molecule is O=C(OCc1ccccc1)N1CCN(Cc2ccc(=O)[nH]c2)CC1. The Balaban J connectivity index is 1.43. The molecule has 1 aromatic carbocycles. The minimum absolute atomic E-state index is 0.0928. The molecule has 1 saturated heterocycles. The number of aromatic nitrogens is 1. The minimum atomic E-state index is -0.262. The zero-order chi connectivity index (χ0) is 16.8. The highest BCUT2D eigenvalue weighted by Gasteiger charge is 2.22. The number of hydrogen-bond donors (Lipinski definition) is 1. The number of H-pyrrole nitrogens is 1. The third kappa shape index (κ3) is 4.45. The summed E-state index contributed by atoms with van der Waals surface area (Å²) in [7, 11) is 0. The lowest BCUT2D eigenvalue weighted by Gasteiger charge is -2.34. The summed E-state index contributed by atoms with van der Waals surface area (Å²) in [5.41, 5.74) is 1.96. The summed E-state index contributed by atoms with van der Waals surface area (Å²) in [6, 6.07) is 13.0. The first kappa shape index (κ1) is 16.3. The second-order valence-corrected chi connectivity index (χ2v) is 5.86. The molecule has 0 bridgehead atoms. The standard InChI is InChI=1S/C18H21N3O3/c22-17-7-6-16(12-19-17)13-20-8-10-21(11-9-20)18(23)24-14-15-4-2-1-3-5-15/h1-7,12H,8-11,13-14H2,(H,19,22). The van der Waals surface area contributed by atoms with Gasteiger partial charge in [0.2, 0.25) is 5.56 Å². The van der Waals surface area contributed by atoms with Crippen molar-refractivity contribution in [1.82, 2.24) is 14.8 Å². The van der Waals surface area contributed by atoms with Crippen molar-refractivity contribution in [1.29, 1.82) is 0 Å². The topological polar surface area (TPSA) is 65.6 Å². The van der Waals surface area contributed by atoms with Crippen LogP contribution in [0.2, 0.25) is 0 Å². The average Bonchev–Trinajstić information content (AvgIpc) is 2.63. The van der Waals surface area contributed by atoms with Gasteiger partial charge in [0.15, 0.2) is 0 Å². The maximum absolute atomic E-state index is 12.1. The zero-order valence-electron chi connectivity index (χ0n) is 13.5. The molecule has 6 nitrogen and oxygen atoms in total. The van der Waals surface area contributed by atoms with Gasteiger partial charge in [-0.2, -0.15) is 0 Å². The smallest absolute Gasteiger partial charge is 0.410 e. The number of nitrogens with one attached hydrogen (secondary N) is 1. The van der Waals surface area contributed by atoms with Gasteiger partial charge in [0.05, 0.1) is 0 Å². The molecule has 126 valence electrons. The molecular weight excluding hydrogens is 306 g/mol. The van der Waals surface area contributed by atoms with Crippen LogP contribution in [0.15, 0.2) is 53.5 Å². The molecule has 1 aliphatic heterocycles. The highest BCUT2D eigenvalue weighted by Crippen LogP contribution is 2.09. The number of pyridine rings is 1. The number of aromatic amines is 1. The van der Waals surface area contributed by atoms with Gasteiger partial charge in [-0.1, -0.05) is 36.4 Å². The molecule has 0 radical (unpaired) electrons. The van der Waals surface area contributed by atoms with E-state index in [4.69, 9.17) is 4.74 Å². The van der Waals surface area contributed by atoms with Crippen molar-refractivity contribution < 1.29 is 9.53 Å². The molecule has 0 aliphatic carbocycles. The lowest BCUT2D eigenvalue weighted by molar-refractivity contribution is 0.0700. The van der Waals surface area contributed by atoms with E-state index in [2.05, 4.69) is 9.88 Å². The maximum atomic E-state index is 12.1. The van der Waals surface area contributed by atoms with Gasteiger partial charge in [-0.05, 0) is 11.1 Å². The van der Waals surface area contributed by atoms with E-state index >= 15 is 0 Å². The summed E-state index contributed by atoms with van der Waals surface area (Å²) in [6.45, 7) is 3.95. The van der Waals surface area contributed by atoms with Crippen LogP contribution in [0.4, 0.5) is 4.79 Å². The van der Waals surface area contributed by atoms with E-state index in [-0.39, 0.29) is 11.7 Å². The fourth-order valence-electron chi connectivity index (χ4n) is 2.70. The first-order chi connectivity index (χ1) is 11.7. The van der Waals surface area contributed by atoms with E-state index in [0.717, 1.165) is 30.8 Å². The van der Waals surface area contributed by atoms with Crippen LogP contribution in [-0.4, -0.2) is 47.1 Å². The van der Waals surface area contributed by atoms with E-state index in [1.807, 2.05) is 36.4 Å². The van der Waals surface area contributed by atoms with E-state index in [1.54, 1.807) is 11.1 Å². The Morgan fingerprint density at radius 3 is 2.42 bits per heavy atom. The summed E-state index contributed by atoms with van der Waals surface area (Å²) in [5, 5.41) is 0. The van der Waals surface area contributed by atoms with Gasteiger partial charge in [0.1, 0.15) is 6.61 Å². The fraction of sp³-hybridized carbons (Fsp3) is 0.333. The number of hydrogen-bond acceptors (Lipinski definition) is 4.